The maximum absolute atomic E-state index is 8.90. The largest absolute Gasteiger partial charge is 0.368 e. The summed E-state index contributed by atoms with van der Waals surface area (Å²) in [6, 6.07) is 10.2. The summed E-state index contributed by atoms with van der Waals surface area (Å²) < 4.78 is 6.07. The van der Waals surface area contributed by atoms with Gasteiger partial charge in [-0.2, -0.15) is 5.26 Å². The van der Waals surface area contributed by atoms with Crippen LogP contribution in [0.5, 0.6) is 0 Å². The molecule has 3 heteroatoms. The molecule has 0 aliphatic carbocycles. The van der Waals surface area contributed by atoms with E-state index in [2.05, 4.69) is 39.1 Å². The Bertz CT molecular complexity index is 500. The van der Waals surface area contributed by atoms with E-state index in [1.54, 1.807) is 0 Å². The number of hydrogen-bond donors (Lipinski definition) is 1. The summed E-state index contributed by atoms with van der Waals surface area (Å²) in [5.41, 5.74) is 1.62. The fourth-order valence-corrected chi connectivity index (χ4v) is 2.87. The van der Waals surface area contributed by atoms with E-state index in [0.717, 1.165) is 18.5 Å². The van der Waals surface area contributed by atoms with E-state index < -0.39 is 0 Å². The smallest absolute Gasteiger partial charge is 0.0991 e. The third-order valence-electron chi connectivity index (χ3n) is 3.68. The van der Waals surface area contributed by atoms with Crippen molar-refractivity contribution in [1.29, 1.82) is 5.26 Å². The fraction of sp³-hybridized carbons (Fsp3) is 0.562. The van der Waals surface area contributed by atoms with Crippen molar-refractivity contribution in [2.75, 3.05) is 0 Å². The minimum atomic E-state index is -0.156. The molecule has 0 amide bonds. The van der Waals surface area contributed by atoms with Gasteiger partial charge in [0.25, 0.3) is 0 Å². The Labute approximate surface area is 115 Å². The Hall–Kier alpha value is -1.37. The fourth-order valence-electron chi connectivity index (χ4n) is 2.87. The molecule has 19 heavy (non-hydrogen) atoms. The lowest BCUT2D eigenvalue weighted by Gasteiger charge is -2.28. The average Bonchev–Trinajstić information content (AvgIpc) is 2.54. The number of benzene rings is 1. The molecule has 1 aliphatic heterocycles. The van der Waals surface area contributed by atoms with Crippen LogP contribution >= 0.6 is 0 Å². The number of ether oxygens (including phenoxy) is 1. The zero-order valence-electron chi connectivity index (χ0n) is 12.2. The van der Waals surface area contributed by atoms with Crippen LogP contribution in [0, 0.1) is 11.3 Å². The summed E-state index contributed by atoms with van der Waals surface area (Å²) in [5.74, 6) is 0. The van der Waals surface area contributed by atoms with Gasteiger partial charge in [-0.05, 0) is 51.8 Å². The monoisotopic (exact) mass is 258 g/mol. The highest BCUT2D eigenvalue weighted by atomic mass is 16.5. The predicted octanol–water partition coefficient (Wildman–Crippen LogP) is 2.99. The van der Waals surface area contributed by atoms with Crippen LogP contribution < -0.4 is 5.32 Å². The summed E-state index contributed by atoms with van der Waals surface area (Å²) in [5, 5.41) is 12.5. The maximum Gasteiger partial charge on any atom is 0.0991 e. The number of nitrogens with zero attached hydrogens (tertiary/aromatic N) is 1. The van der Waals surface area contributed by atoms with Crippen LogP contribution in [0.2, 0.25) is 0 Å². The van der Waals surface area contributed by atoms with E-state index in [4.69, 9.17) is 10.00 Å². The molecule has 102 valence electrons. The lowest BCUT2D eigenvalue weighted by atomic mass is 9.94. The minimum Gasteiger partial charge on any atom is -0.368 e. The maximum atomic E-state index is 8.90. The average molecular weight is 258 g/mol. The molecule has 1 heterocycles. The van der Waals surface area contributed by atoms with Crippen molar-refractivity contribution in [2.45, 2.75) is 57.9 Å². The summed E-state index contributed by atoms with van der Waals surface area (Å²) in [6.45, 7) is 9.29. The molecule has 1 atom stereocenters. The molecule has 1 saturated heterocycles. The minimum absolute atomic E-state index is 0.0737. The molecule has 0 saturated carbocycles. The van der Waals surface area contributed by atoms with Gasteiger partial charge in [0.2, 0.25) is 0 Å². The van der Waals surface area contributed by atoms with Gasteiger partial charge in [-0.3, -0.25) is 0 Å². The number of hydrogen-bond acceptors (Lipinski definition) is 3. The van der Waals surface area contributed by atoms with Crippen LogP contribution in [-0.2, 0) is 11.3 Å². The van der Waals surface area contributed by atoms with Crippen LogP contribution in [0.4, 0.5) is 0 Å². The molecule has 1 N–H and O–H groups in total. The number of nitrogens with one attached hydrogen (secondary N) is 1. The van der Waals surface area contributed by atoms with E-state index in [1.807, 2.05) is 24.3 Å². The second-order valence-corrected chi connectivity index (χ2v) is 6.41. The van der Waals surface area contributed by atoms with Gasteiger partial charge < -0.3 is 10.1 Å². The van der Waals surface area contributed by atoms with Gasteiger partial charge in [0.1, 0.15) is 0 Å². The van der Waals surface area contributed by atoms with E-state index in [-0.39, 0.29) is 11.2 Å². The predicted molar refractivity (Wildman–Crippen MR) is 75.6 cm³/mol. The van der Waals surface area contributed by atoms with Gasteiger partial charge >= 0.3 is 0 Å². The van der Waals surface area contributed by atoms with Gasteiger partial charge in [-0.1, -0.05) is 12.1 Å². The zero-order valence-corrected chi connectivity index (χ0v) is 12.2. The van der Waals surface area contributed by atoms with Gasteiger partial charge in [-0.15, -0.1) is 0 Å². The van der Waals surface area contributed by atoms with Crippen molar-refractivity contribution in [3.05, 3.63) is 35.4 Å². The first-order valence-corrected chi connectivity index (χ1v) is 6.75. The van der Waals surface area contributed by atoms with E-state index in [1.165, 1.54) is 0 Å². The van der Waals surface area contributed by atoms with Crippen LogP contribution in [0.1, 0.15) is 45.2 Å². The Kier molecular flexibility index (Phi) is 3.66. The third kappa shape index (κ3) is 3.34. The van der Waals surface area contributed by atoms with Crippen LogP contribution in [-0.4, -0.2) is 17.2 Å². The molecule has 0 radical (unpaired) electrons. The lowest BCUT2D eigenvalue weighted by molar-refractivity contribution is -0.0699. The number of rotatable bonds is 3. The van der Waals surface area contributed by atoms with E-state index in [9.17, 15) is 0 Å². The molecule has 1 unspecified atom stereocenters. The molecular formula is C16H22N2O. The molecule has 1 aliphatic rings. The van der Waals surface area contributed by atoms with Gasteiger partial charge in [0.05, 0.1) is 22.8 Å². The Morgan fingerprint density at radius 2 is 2.11 bits per heavy atom. The van der Waals surface area contributed by atoms with Crippen molar-refractivity contribution in [2.24, 2.45) is 0 Å². The Morgan fingerprint density at radius 1 is 1.37 bits per heavy atom. The normalized spacial score (nSPS) is 24.1. The van der Waals surface area contributed by atoms with Crippen LogP contribution in [0.25, 0.3) is 0 Å². The highest BCUT2D eigenvalue weighted by Gasteiger charge is 2.45. The molecule has 3 nitrogen and oxygen atoms in total. The number of nitriles is 1. The van der Waals surface area contributed by atoms with E-state index >= 15 is 0 Å². The molecule has 0 aromatic heterocycles. The molecule has 0 bridgehead atoms. The van der Waals surface area contributed by atoms with Crippen molar-refractivity contribution in [3.63, 3.8) is 0 Å². The van der Waals surface area contributed by atoms with Crippen molar-refractivity contribution < 1.29 is 4.74 Å². The van der Waals surface area contributed by atoms with Crippen molar-refractivity contribution in [3.8, 4) is 6.07 Å². The molecule has 2 rings (SSSR count). The van der Waals surface area contributed by atoms with Crippen LogP contribution in [0.15, 0.2) is 24.3 Å². The summed E-state index contributed by atoms with van der Waals surface area (Å²) in [4.78, 5) is 0. The first-order chi connectivity index (χ1) is 8.82. The standard InChI is InChI=1S/C16H22N2O/c1-15(2)9-14(16(3,4)19-15)18-11-13-7-5-6-12(8-13)10-17/h5-8,14,18H,9,11H2,1-4H3. The Balaban J connectivity index is 2.01. The third-order valence-corrected chi connectivity index (χ3v) is 3.68. The van der Waals surface area contributed by atoms with Crippen molar-refractivity contribution >= 4 is 0 Å². The summed E-state index contributed by atoms with van der Waals surface area (Å²) in [6.07, 6.45) is 0.998. The van der Waals surface area contributed by atoms with E-state index in [0.29, 0.717) is 11.6 Å². The zero-order chi connectivity index (χ0) is 14.1. The van der Waals surface area contributed by atoms with Gasteiger partial charge in [0, 0.05) is 12.6 Å². The first-order valence-electron chi connectivity index (χ1n) is 6.75. The SMILES string of the molecule is CC1(C)CC(NCc2cccc(C#N)c2)C(C)(C)O1. The molecule has 1 aromatic carbocycles. The Morgan fingerprint density at radius 3 is 2.68 bits per heavy atom. The summed E-state index contributed by atoms with van der Waals surface area (Å²) >= 11 is 0. The second kappa shape index (κ2) is 4.96. The van der Waals surface area contributed by atoms with Crippen LogP contribution in [0.3, 0.4) is 0 Å². The van der Waals surface area contributed by atoms with Gasteiger partial charge in [0.15, 0.2) is 0 Å². The lowest BCUT2D eigenvalue weighted by Crippen LogP contribution is -2.42. The first kappa shape index (κ1) is 14.0. The molecule has 0 spiro atoms. The highest BCUT2D eigenvalue weighted by Crippen LogP contribution is 2.37. The quantitative estimate of drug-likeness (QED) is 0.906. The molecular weight excluding hydrogens is 236 g/mol. The highest BCUT2D eigenvalue weighted by molar-refractivity contribution is 5.32. The molecule has 1 fully saturated rings. The van der Waals surface area contributed by atoms with Gasteiger partial charge in [-0.25, -0.2) is 0 Å². The van der Waals surface area contributed by atoms with Crippen molar-refractivity contribution in [1.82, 2.24) is 5.32 Å². The topological polar surface area (TPSA) is 45.0 Å². The molecule has 1 aromatic rings. The second-order valence-electron chi connectivity index (χ2n) is 6.41. The summed E-state index contributed by atoms with van der Waals surface area (Å²) in [7, 11) is 0.